The van der Waals surface area contributed by atoms with E-state index in [0.29, 0.717) is 6.54 Å². The molecule has 6 heteroatoms. The molecule has 6 nitrogen and oxygen atoms in total. The molecule has 1 fully saturated rings. The fourth-order valence-corrected chi connectivity index (χ4v) is 1.57. The number of amides is 1. The van der Waals surface area contributed by atoms with Crippen LogP contribution in [0.2, 0.25) is 0 Å². The molecule has 0 bridgehead atoms. The van der Waals surface area contributed by atoms with Gasteiger partial charge in [0.05, 0.1) is 24.8 Å². The minimum atomic E-state index is -1.06. The number of hydrogen-bond donors (Lipinski definition) is 5. The lowest BCUT2D eigenvalue weighted by Gasteiger charge is -2.37. The molecule has 0 aromatic rings. The van der Waals surface area contributed by atoms with E-state index in [4.69, 9.17) is 5.11 Å². The molecule has 1 amide bonds. The van der Waals surface area contributed by atoms with E-state index >= 15 is 0 Å². The molecule has 1 heterocycles. The normalized spacial score (nSPS) is 38.0. The third kappa shape index (κ3) is 2.42. The van der Waals surface area contributed by atoms with Gasteiger partial charge in [-0.2, -0.15) is 0 Å². The maximum absolute atomic E-state index is 10.7. The van der Waals surface area contributed by atoms with Crippen molar-refractivity contribution in [2.45, 2.75) is 31.2 Å². The van der Waals surface area contributed by atoms with Crippen molar-refractivity contribution in [2.24, 2.45) is 0 Å². The molecule has 0 spiro atoms. The first-order valence-corrected chi connectivity index (χ1v) is 4.53. The second-order valence-electron chi connectivity index (χ2n) is 3.49. The minimum absolute atomic E-state index is 0.245. The molecule has 1 saturated heterocycles. The molecule has 0 aromatic carbocycles. The molecule has 0 aromatic heterocycles. The molecule has 1 rings (SSSR count). The molecule has 14 heavy (non-hydrogen) atoms. The highest BCUT2D eigenvalue weighted by atomic mass is 16.3. The van der Waals surface area contributed by atoms with Gasteiger partial charge in [0, 0.05) is 13.5 Å². The SMILES string of the molecule is CC(=O)N[C@@H]1CN[C@H](CO)[C@H](O)[C@@H]1O. The van der Waals surface area contributed by atoms with Crippen LogP contribution in [0.1, 0.15) is 6.92 Å². The lowest BCUT2D eigenvalue weighted by atomic mass is 9.94. The van der Waals surface area contributed by atoms with E-state index in [2.05, 4.69) is 10.6 Å². The molecule has 1 aliphatic heterocycles. The first-order chi connectivity index (χ1) is 6.56. The first kappa shape index (κ1) is 11.4. The molecule has 82 valence electrons. The number of aliphatic hydroxyl groups is 3. The Labute approximate surface area is 81.9 Å². The van der Waals surface area contributed by atoms with Crippen LogP contribution in [0.4, 0.5) is 0 Å². The molecule has 1 aliphatic rings. The van der Waals surface area contributed by atoms with Gasteiger partial charge >= 0.3 is 0 Å². The lowest BCUT2D eigenvalue weighted by molar-refractivity contribution is -0.122. The Bertz CT molecular complexity index is 212. The molecular formula is C8H16N2O4. The fraction of sp³-hybridized carbons (Fsp3) is 0.875. The van der Waals surface area contributed by atoms with Crippen LogP contribution in [0.25, 0.3) is 0 Å². The Morgan fingerprint density at radius 2 is 2.14 bits per heavy atom. The quantitative estimate of drug-likeness (QED) is 0.334. The number of rotatable bonds is 2. The van der Waals surface area contributed by atoms with Gasteiger partial charge in [-0.1, -0.05) is 0 Å². The topological polar surface area (TPSA) is 102 Å². The second-order valence-corrected chi connectivity index (χ2v) is 3.49. The molecule has 0 aliphatic carbocycles. The average Bonchev–Trinajstić information content (AvgIpc) is 2.13. The summed E-state index contributed by atoms with van der Waals surface area (Å²) in [6.07, 6.45) is -2.11. The number of aliphatic hydroxyl groups excluding tert-OH is 3. The van der Waals surface area contributed by atoms with Crippen molar-refractivity contribution in [1.29, 1.82) is 0 Å². The van der Waals surface area contributed by atoms with Crippen molar-refractivity contribution in [3.63, 3.8) is 0 Å². The highest BCUT2D eigenvalue weighted by Gasteiger charge is 2.36. The predicted molar refractivity (Wildman–Crippen MR) is 48.5 cm³/mol. The molecule has 0 unspecified atom stereocenters. The summed E-state index contributed by atoms with van der Waals surface area (Å²) in [7, 11) is 0. The van der Waals surface area contributed by atoms with E-state index in [-0.39, 0.29) is 12.5 Å². The summed E-state index contributed by atoms with van der Waals surface area (Å²) >= 11 is 0. The maximum Gasteiger partial charge on any atom is 0.217 e. The second kappa shape index (κ2) is 4.70. The van der Waals surface area contributed by atoms with Crippen molar-refractivity contribution in [2.75, 3.05) is 13.2 Å². The highest BCUT2D eigenvalue weighted by molar-refractivity contribution is 5.73. The Morgan fingerprint density at radius 1 is 1.50 bits per heavy atom. The number of carbonyl (C=O) groups excluding carboxylic acids is 1. The third-order valence-corrected chi connectivity index (χ3v) is 2.36. The van der Waals surface area contributed by atoms with Crippen molar-refractivity contribution in [1.82, 2.24) is 10.6 Å². The van der Waals surface area contributed by atoms with Crippen LogP contribution >= 0.6 is 0 Å². The van der Waals surface area contributed by atoms with Crippen LogP contribution in [-0.2, 0) is 4.79 Å². The van der Waals surface area contributed by atoms with E-state index in [1.54, 1.807) is 0 Å². The van der Waals surface area contributed by atoms with Gasteiger partial charge in [0.15, 0.2) is 0 Å². The first-order valence-electron chi connectivity index (χ1n) is 4.53. The van der Waals surface area contributed by atoms with Gasteiger partial charge in [0.25, 0.3) is 0 Å². The van der Waals surface area contributed by atoms with Gasteiger partial charge in [0.1, 0.15) is 6.10 Å². The van der Waals surface area contributed by atoms with E-state index in [1.807, 2.05) is 0 Å². The zero-order chi connectivity index (χ0) is 10.7. The van der Waals surface area contributed by atoms with Gasteiger partial charge in [-0.15, -0.1) is 0 Å². The van der Waals surface area contributed by atoms with Crippen molar-refractivity contribution in [3.05, 3.63) is 0 Å². The van der Waals surface area contributed by atoms with Crippen LogP contribution < -0.4 is 10.6 Å². The number of hydrogen-bond acceptors (Lipinski definition) is 5. The van der Waals surface area contributed by atoms with E-state index < -0.39 is 24.3 Å². The summed E-state index contributed by atoms with van der Waals surface area (Å²) in [6, 6.07) is -1.04. The number of nitrogens with one attached hydrogen (secondary N) is 2. The number of carbonyl (C=O) groups is 1. The van der Waals surface area contributed by atoms with Crippen molar-refractivity contribution >= 4 is 5.91 Å². The Morgan fingerprint density at radius 3 is 2.64 bits per heavy atom. The van der Waals surface area contributed by atoms with Gasteiger partial charge in [-0.3, -0.25) is 4.79 Å². The van der Waals surface area contributed by atoms with Gasteiger partial charge < -0.3 is 26.0 Å². The molecule has 0 radical (unpaired) electrons. The highest BCUT2D eigenvalue weighted by Crippen LogP contribution is 2.10. The largest absolute Gasteiger partial charge is 0.395 e. The maximum atomic E-state index is 10.7. The summed E-state index contributed by atoms with van der Waals surface area (Å²) in [5.74, 6) is -0.259. The smallest absolute Gasteiger partial charge is 0.217 e. The molecule has 0 saturated carbocycles. The fourth-order valence-electron chi connectivity index (χ4n) is 1.57. The van der Waals surface area contributed by atoms with Crippen LogP contribution in [0.3, 0.4) is 0 Å². The van der Waals surface area contributed by atoms with Crippen molar-refractivity contribution in [3.8, 4) is 0 Å². The Balaban J connectivity index is 2.54. The van der Waals surface area contributed by atoms with Gasteiger partial charge in [-0.05, 0) is 0 Å². The predicted octanol–water partition coefficient (Wildman–Crippen LogP) is -2.82. The van der Waals surface area contributed by atoms with E-state index in [0.717, 1.165) is 0 Å². The van der Waals surface area contributed by atoms with Gasteiger partial charge in [-0.25, -0.2) is 0 Å². The zero-order valence-corrected chi connectivity index (χ0v) is 7.97. The molecule has 4 atom stereocenters. The summed E-state index contributed by atoms with van der Waals surface area (Å²) in [5.41, 5.74) is 0. The molecular weight excluding hydrogens is 188 g/mol. The summed E-state index contributed by atoms with van der Waals surface area (Å²) in [4.78, 5) is 10.7. The van der Waals surface area contributed by atoms with Crippen LogP contribution in [-0.4, -0.2) is 58.7 Å². The lowest BCUT2D eigenvalue weighted by Crippen LogP contribution is -2.65. The minimum Gasteiger partial charge on any atom is -0.395 e. The standard InChI is InChI=1S/C8H16N2O4/c1-4(12)10-5-2-9-6(3-11)8(14)7(5)13/h5-9,11,13-14H,2-3H2,1H3,(H,10,12)/t5-,6-,7-,8+/m1/s1. The van der Waals surface area contributed by atoms with Crippen LogP contribution in [0.15, 0.2) is 0 Å². The molecule has 5 N–H and O–H groups in total. The van der Waals surface area contributed by atoms with Crippen molar-refractivity contribution < 1.29 is 20.1 Å². The Hall–Kier alpha value is -0.690. The van der Waals surface area contributed by atoms with E-state index in [1.165, 1.54) is 6.92 Å². The van der Waals surface area contributed by atoms with Crippen LogP contribution in [0.5, 0.6) is 0 Å². The summed E-state index contributed by atoms with van der Waals surface area (Å²) in [6.45, 7) is 1.44. The Kier molecular flexibility index (Phi) is 3.82. The summed E-state index contributed by atoms with van der Waals surface area (Å²) < 4.78 is 0. The van der Waals surface area contributed by atoms with Gasteiger partial charge in [0.2, 0.25) is 5.91 Å². The van der Waals surface area contributed by atoms with E-state index in [9.17, 15) is 15.0 Å². The monoisotopic (exact) mass is 204 g/mol. The summed E-state index contributed by atoms with van der Waals surface area (Å²) in [5, 5.41) is 33.2. The van der Waals surface area contributed by atoms with Crippen LogP contribution in [0, 0.1) is 0 Å². The third-order valence-electron chi connectivity index (χ3n) is 2.36. The average molecular weight is 204 g/mol. The number of piperidine rings is 1. The zero-order valence-electron chi connectivity index (χ0n) is 7.97.